The highest BCUT2D eigenvalue weighted by atomic mass is 19.4. The lowest BCUT2D eigenvalue weighted by Crippen LogP contribution is -2.32. The quantitative estimate of drug-likeness (QED) is 0.0275. The van der Waals surface area contributed by atoms with Crippen LogP contribution in [0.3, 0.4) is 0 Å². The Labute approximate surface area is 529 Å². The maximum atomic E-state index is 15.4. The maximum Gasteiger partial charge on any atom is 0.448 e. The number of nitrogens with zero attached hydrogens (tertiary/aromatic N) is 3. The summed E-state index contributed by atoms with van der Waals surface area (Å²) in [6.07, 6.45) is -22.1. The number of esters is 3. The van der Waals surface area contributed by atoms with Gasteiger partial charge in [-0.1, -0.05) is 30.3 Å². The zero-order chi connectivity index (χ0) is 69.0. The molecule has 10 aromatic rings. The number of para-hydroxylation sites is 1. The molecule has 3 aromatic heterocycles. The van der Waals surface area contributed by atoms with Gasteiger partial charge in [0.1, 0.15) is 16.9 Å². The highest BCUT2D eigenvalue weighted by Gasteiger charge is 2.41. The Morgan fingerprint density at radius 1 is 0.579 bits per heavy atom. The van der Waals surface area contributed by atoms with Crippen LogP contribution in [-0.2, 0) is 50.2 Å². The molecule has 0 saturated carbocycles. The molecule has 1 aliphatic heterocycles. The molecular weight excluding hydrogens is 1270 g/mol. The minimum atomic E-state index is -5.42. The molecule has 0 aliphatic carbocycles. The highest BCUT2D eigenvalue weighted by molar-refractivity contribution is 6.32. The van der Waals surface area contributed by atoms with Crippen LogP contribution in [0.2, 0.25) is 0 Å². The van der Waals surface area contributed by atoms with Gasteiger partial charge < -0.3 is 27.4 Å². The molecule has 0 N–H and O–H groups in total. The van der Waals surface area contributed by atoms with E-state index in [9.17, 15) is 67.1 Å². The van der Waals surface area contributed by atoms with E-state index in [0.29, 0.717) is 67.9 Å². The molecule has 0 amide bonds. The molecule has 1 aliphatic rings. The van der Waals surface area contributed by atoms with Crippen molar-refractivity contribution in [1.82, 2.24) is 9.05 Å². The average Bonchev–Trinajstić information content (AvgIpc) is 1.40. The van der Waals surface area contributed by atoms with Crippen LogP contribution in [0.15, 0.2) is 145 Å². The maximum absolute atomic E-state index is 15.4. The van der Waals surface area contributed by atoms with E-state index in [1.54, 1.807) is 55.4 Å². The summed E-state index contributed by atoms with van der Waals surface area (Å²) in [5, 5.41) is -2.27. The molecule has 0 bridgehead atoms. The summed E-state index contributed by atoms with van der Waals surface area (Å²) >= 11 is 0. The van der Waals surface area contributed by atoms with Crippen molar-refractivity contribution in [3.05, 3.63) is 214 Å². The van der Waals surface area contributed by atoms with E-state index in [4.69, 9.17) is 23.6 Å². The number of alkyl halides is 12. The number of hydrogen-bond acceptors (Lipinski definition) is 10. The molecular formula is C69H49BF13N3O9. The third kappa shape index (κ3) is 11.7. The lowest BCUT2D eigenvalue weighted by Gasteiger charge is -2.21. The van der Waals surface area contributed by atoms with Gasteiger partial charge >= 0.3 is 50.3 Å². The van der Waals surface area contributed by atoms with Gasteiger partial charge in [-0.05, 0) is 184 Å². The number of hydrogen-bond donors (Lipinski definition) is 0. The van der Waals surface area contributed by atoms with E-state index in [1.807, 2.05) is 0 Å². The topological polar surface area (TPSA) is 148 Å². The lowest BCUT2D eigenvalue weighted by atomic mass is 9.86. The molecule has 0 spiro atoms. The fraction of sp³-hybridized carbons (Fsp3) is 0.217. The molecule has 12 nitrogen and oxygen atoms in total. The van der Waals surface area contributed by atoms with Crippen LogP contribution >= 0.6 is 0 Å². The number of carbonyl (C=O) groups is 3. The number of aryl methyl sites for hydroxylation is 2. The number of benzene rings is 7. The first kappa shape index (κ1) is 66.2. The molecule has 11 rings (SSSR count). The van der Waals surface area contributed by atoms with Gasteiger partial charge in [-0.3, -0.25) is 19.4 Å². The van der Waals surface area contributed by atoms with Gasteiger partial charge in [-0.2, -0.15) is 52.7 Å². The van der Waals surface area contributed by atoms with Crippen molar-refractivity contribution in [2.75, 3.05) is 13.2 Å². The minimum Gasteiger partial charge on any atom is -0.462 e. The summed E-state index contributed by atoms with van der Waals surface area (Å²) in [5.74, 6) is -2.18. The van der Waals surface area contributed by atoms with E-state index < -0.39 is 134 Å². The summed E-state index contributed by atoms with van der Waals surface area (Å²) in [6.45, 7) is 13.1. The number of allylic oxidation sites excluding steroid dienone is 1. The normalized spacial score (nSPS) is 13.8. The van der Waals surface area contributed by atoms with Gasteiger partial charge in [0, 0.05) is 54.8 Å². The van der Waals surface area contributed by atoms with Crippen LogP contribution in [0.25, 0.3) is 77.0 Å². The first-order valence-electron chi connectivity index (χ1n) is 29.0. The van der Waals surface area contributed by atoms with E-state index in [2.05, 4.69) is 0 Å². The van der Waals surface area contributed by atoms with Crippen molar-refractivity contribution in [3.8, 4) is 33.7 Å². The third-order valence-electron chi connectivity index (χ3n) is 16.6. The molecule has 488 valence electrons. The predicted molar refractivity (Wildman–Crippen MR) is 330 cm³/mol. The van der Waals surface area contributed by atoms with Crippen molar-refractivity contribution in [1.29, 1.82) is 0 Å². The number of fused-ring (bicyclic) bond motifs is 2. The van der Waals surface area contributed by atoms with E-state index >= 15 is 13.9 Å². The highest BCUT2D eigenvalue weighted by Crippen LogP contribution is 2.50. The Balaban J connectivity index is 1.04. The Kier molecular flexibility index (Phi) is 16.7. The van der Waals surface area contributed by atoms with E-state index in [-0.39, 0.29) is 92.3 Å². The first-order chi connectivity index (χ1) is 44.6. The summed E-state index contributed by atoms with van der Waals surface area (Å²) in [6, 6.07) is 16.3. The summed E-state index contributed by atoms with van der Waals surface area (Å²) in [7, 11) is -1.10. The van der Waals surface area contributed by atoms with Gasteiger partial charge in [0.15, 0.2) is 0 Å². The zero-order valence-electron chi connectivity index (χ0n) is 51.2. The Hall–Kier alpha value is -10.3. The Morgan fingerprint density at radius 2 is 1.08 bits per heavy atom. The minimum absolute atomic E-state index is 0.0238. The van der Waals surface area contributed by atoms with Gasteiger partial charge in [-0.15, -0.1) is 0 Å². The second-order valence-corrected chi connectivity index (χ2v) is 22.6. The summed E-state index contributed by atoms with van der Waals surface area (Å²) in [5.41, 5.74) is -9.55. The number of ether oxygens (including phenoxy) is 3. The van der Waals surface area contributed by atoms with E-state index in [0.717, 1.165) is 12.1 Å². The monoisotopic (exact) mass is 1320 g/mol. The number of aliphatic imine (C=N–C) groups is 1. The molecule has 0 fully saturated rings. The van der Waals surface area contributed by atoms with E-state index in [1.165, 1.54) is 65.1 Å². The molecule has 7 aromatic carbocycles. The molecule has 0 radical (unpaired) electrons. The number of rotatable bonds is 13. The zero-order valence-corrected chi connectivity index (χ0v) is 51.2. The van der Waals surface area contributed by atoms with Crippen molar-refractivity contribution < 1.29 is 90.0 Å². The first-order valence-corrected chi connectivity index (χ1v) is 29.0. The molecule has 26 heteroatoms. The van der Waals surface area contributed by atoms with Crippen LogP contribution in [-0.4, -0.2) is 53.6 Å². The number of pyridine rings is 1. The second-order valence-electron chi connectivity index (χ2n) is 22.6. The average molecular weight is 1320 g/mol. The smallest absolute Gasteiger partial charge is 0.448 e. The van der Waals surface area contributed by atoms with Gasteiger partial charge in [0.2, 0.25) is 0 Å². The molecule has 0 saturated heterocycles. The van der Waals surface area contributed by atoms with Gasteiger partial charge in [0.05, 0.1) is 70.1 Å². The van der Waals surface area contributed by atoms with Crippen LogP contribution in [0.1, 0.15) is 99.5 Å². The van der Waals surface area contributed by atoms with Gasteiger partial charge in [-0.25, -0.2) is 14.2 Å². The second kappa shape index (κ2) is 23.9. The van der Waals surface area contributed by atoms with Crippen LogP contribution in [0.5, 0.6) is 5.75 Å². The third-order valence-corrected chi connectivity index (χ3v) is 16.6. The number of carbonyl (C=O) groups excluding carboxylic acids is 3. The largest absolute Gasteiger partial charge is 0.462 e. The molecule has 0 unspecified atom stereocenters. The van der Waals surface area contributed by atoms with Gasteiger partial charge in [0.25, 0.3) is 11.1 Å². The van der Waals surface area contributed by atoms with Crippen LogP contribution in [0, 0.1) is 27.7 Å². The van der Waals surface area contributed by atoms with Crippen LogP contribution < -0.4 is 15.9 Å². The predicted octanol–water partition coefficient (Wildman–Crippen LogP) is 16.8. The molecule has 0 atom stereocenters. The molecule has 95 heavy (non-hydrogen) atoms. The number of halogens is 13. The van der Waals surface area contributed by atoms with Crippen molar-refractivity contribution in [2.45, 2.75) is 86.5 Å². The molecule has 4 heterocycles. The standard InChI is InChI=1S/C69H49BF13N3O9/c1-9-92-64(90)53-32(5)59(84-34(53)7)58(60-33(6)54(65(91)93-10-2)35(8)86(60)70-83)52-30(3)19-44(20-31(52)4)94-51(87)21-36-15-17-43(18-16-36)85-62(88)48-28-46(37-22-39(66(71,72)73)26-40(23-37)67(74,75)76)55-45-13-11-12-14-50(45)95-61-47(29-49(63(85)89)56(48)57(55)61)38-24-41(68(77,78)79)27-42(25-38)69(80,81)82/h11-20,22-29,70H,9-10,21H2,1-8H3/b59-58-. The SMILES string of the molecule is CCOC(=O)C1=C(C)/C(=C(\c2c(C)cc(OC(=O)Cc3ccc(-n4c(=O)c5cc(-c6cc(C(F)(F)F)cc(C(F)(F)F)c6)c6oc7ccccc7c7c(-c8cc(C(F)(F)F)cc(C(F)(F)F)c8)cc(c4=O)c5c67)cc3)cc2C)c2c(C)c(C(=O)OCC)c(C)n2BF)N=C1C. The summed E-state index contributed by atoms with van der Waals surface area (Å²) < 4.78 is 215. The summed E-state index contributed by atoms with van der Waals surface area (Å²) in [4.78, 5) is 75.7. The Morgan fingerprint density at radius 3 is 1.60 bits per heavy atom. The van der Waals surface area contributed by atoms with Crippen LogP contribution in [0.4, 0.5) is 57.0 Å². The van der Waals surface area contributed by atoms with Crippen molar-refractivity contribution in [2.24, 2.45) is 4.99 Å². The fourth-order valence-corrected chi connectivity index (χ4v) is 12.6. The van der Waals surface area contributed by atoms with Crippen molar-refractivity contribution in [3.63, 3.8) is 0 Å². The number of aromatic nitrogens is 2. The Bertz CT molecular complexity index is 5020. The fourth-order valence-electron chi connectivity index (χ4n) is 12.6. The van der Waals surface area contributed by atoms with Crippen molar-refractivity contribution >= 4 is 80.4 Å². The lowest BCUT2D eigenvalue weighted by molar-refractivity contribution is -0.144.